The van der Waals surface area contributed by atoms with Crippen molar-refractivity contribution in [3.63, 3.8) is 0 Å². The molecule has 0 aromatic heterocycles. The van der Waals surface area contributed by atoms with Gasteiger partial charge in [0.1, 0.15) is 11.6 Å². The minimum atomic E-state index is -0.415. The van der Waals surface area contributed by atoms with Crippen molar-refractivity contribution in [2.75, 3.05) is 12.3 Å². The molecular weight excluding hydrogens is 270 g/mol. The van der Waals surface area contributed by atoms with Crippen LogP contribution in [0.4, 0.5) is 14.5 Å². The second-order valence-corrected chi connectivity index (χ2v) is 5.15. The molecule has 112 valence electrons. The lowest BCUT2D eigenvalue weighted by Crippen LogP contribution is -2.24. The fourth-order valence-corrected chi connectivity index (χ4v) is 2.35. The van der Waals surface area contributed by atoms with Crippen LogP contribution in [0.15, 0.2) is 42.5 Å². The molecule has 0 amide bonds. The number of para-hydroxylation sites is 1. The molecule has 4 heteroatoms. The highest BCUT2D eigenvalue weighted by atomic mass is 19.1. The van der Waals surface area contributed by atoms with Gasteiger partial charge in [-0.05, 0) is 42.8 Å². The van der Waals surface area contributed by atoms with Gasteiger partial charge in [-0.1, -0.05) is 25.1 Å². The SMILES string of the molecule is CCCN(Cc1ccccc1N)Cc1cc(F)ccc1F. The van der Waals surface area contributed by atoms with Crippen molar-refractivity contribution >= 4 is 5.69 Å². The summed E-state index contributed by atoms with van der Waals surface area (Å²) in [4.78, 5) is 2.07. The van der Waals surface area contributed by atoms with E-state index >= 15 is 0 Å². The Morgan fingerprint density at radius 1 is 1.00 bits per heavy atom. The van der Waals surface area contributed by atoms with Crippen LogP contribution in [0.3, 0.4) is 0 Å². The van der Waals surface area contributed by atoms with Gasteiger partial charge in [-0.25, -0.2) is 8.78 Å². The first kappa shape index (κ1) is 15.4. The fraction of sp³-hybridized carbons (Fsp3) is 0.294. The number of nitrogen functional groups attached to an aromatic ring is 1. The molecule has 0 aliphatic rings. The van der Waals surface area contributed by atoms with Crippen molar-refractivity contribution < 1.29 is 8.78 Å². The molecular formula is C17H20F2N2. The molecule has 0 unspecified atom stereocenters. The molecule has 0 bridgehead atoms. The summed E-state index contributed by atoms with van der Waals surface area (Å²) in [5, 5.41) is 0. The smallest absolute Gasteiger partial charge is 0.127 e. The Morgan fingerprint density at radius 3 is 2.43 bits per heavy atom. The van der Waals surface area contributed by atoms with Crippen LogP contribution in [-0.4, -0.2) is 11.4 Å². The molecule has 2 aromatic rings. The van der Waals surface area contributed by atoms with Crippen LogP contribution in [-0.2, 0) is 13.1 Å². The average molecular weight is 290 g/mol. The maximum Gasteiger partial charge on any atom is 0.127 e. The first-order valence-electron chi connectivity index (χ1n) is 7.09. The first-order valence-corrected chi connectivity index (χ1v) is 7.09. The maximum absolute atomic E-state index is 13.8. The second kappa shape index (κ2) is 7.18. The van der Waals surface area contributed by atoms with E-state index in [1.165, 1.54) is 12.1 Å². The summed E-state index contributed by atoms with van der Waals surface area (Å²) >= 11 is 0. The summed E-state index contributed by atoms with van der Waals surface area (Å²) in [5.74, 6) is -0.791. The molecule has 0 aliphatic heterocycles. The van der Waals surface area contributed by atoms with Crippen molar-refractivity contribution in [2.45, 2.75) is 26.4 Å². The molecule has 2 N–H and O–H groups in total. The molecule has 2 rings (SSSR count). The lowest BCUT2D eigenvalue weighted by Gasteiger charge is -2.23. The van der Waals surface area contributed by atoms with Crippen LogP contribution in [0.2, 0.25) is 0 Å². The number of nitrogens with two attached hydrogens (primary N) is 1. The molecule has 0 heterocycles. The zero-order valence-corrected chi connectivity index (χ0v) is 12.2. The van der Waals surface area contributed by atoms with Gasteiger partial charge < -0.3 is 5.73 Å². The largest absolute Gasteiger partial charge is 0.398 e. The lowest BCUT2D eigenvalue weighted by molar-refractivity contribution is 0.253. The molecule has 2 nitrogen and oxygen atoms in total. The van der Waals surface area contributed by atoms with E-state index in [9.17, 15) is 8.78 Å². The van der Waals surface area contributed by atoms with Gasteiger partial charge in [-0.3, -0.25) is 4.90 Å². The van der Waals surface area contributed by atoms with Gasteiger partial charge in [-0.2, -0.15) is 0 Å². The van der Waals surface area contributed by atoms with Crippen molar-refractivity contribution in [3.8, 4) is 0 Å². The van der Waals surface area contributed by atoms with Crippen LogP contribution in [0.5, 0.6) is 0 Å². The summed E-state index contributed by atoms with van der Waals surface area (Å²) in [6.45, 7) is 3.84. The molecule has 0 spiro atoms. The number of anilines is 1. The highest BCUT2D eigenvalue weighted by Crippen LogP contribution is 2.18. The third-order valence-corrected chi connectivity index (χ3v) is 3.39. The average Bonchev–Trinajstić information content (AvgIpc) is 2.45. The van der Waals surface area contributed by atoms with E-state index < -0.39 is 5.82 Å². The molecule has 0 atom stereocenters. The van der Waals surface area contributed by atoms with Gasteiger partial charge in [0, 0.05) is 24.3 Å². The third kappa shape index (κ3) is 4.26. The quantitative estimate of drug-likeness (QED) is 0.816. The highest BCUT2D eigenvalue weighted by molar-refractivity contribution is 5.46. The Labute approximate surface area is 124 Å². The van der Waals surface area contributed by atoms with Crippen molar-refractivity contribution in [2.24, 2.45) is 0 Å². The van der Waals surface area contributed by atoms with E-state index in [2.05, 4.69) is 11.8 Å². The summed E-state index contributed by atoms with van der Waals surface area (Å²) in [5.41, 5.74) is 8.05. The van der Waals surface area contributed by atoms with Gasteiger partial charge >= 0.3 is 0 Å². The summed E-state index contributed by atoms with van der Waals surface area (Å²) < 4.78 is 27.0. The number of rotatable bonds is 6. The Morgan fingerprint density at radius 2 is 1.71 bits per heavy atom. The van der Waals surface area contributed by atoms with Crippen LogP contribution < -0.4 is 5.73 Å². The third-order valence-electron chi connectivity index (χ3n) is 3.39. The number of halogens is 2. The van der Waals surface area contributed by atoms with Gasteiger partial charge in [0.05, 0.1) is 0 Å². The van der Waals surface area contributed by atoms with Gasteiger partial charge in [0.2, 0.25) is 0 Å². The normalized spacial score (nSPS) is 11.0. The van der Waals surface area contributed by atoms with E-state index in [0.717, 1.165) is 30.3 Å². The summed E-state index contributed by atoms with van der Waals surface area (Å²) in [6.07, 6.45) is 0.934. The Bertz CT molecular complexity index is 599. The van der Waals surface area contributed by atoms with Crippen LogP contribution in [0.25, 0.3) is 0 Å². The molecule has 0 saturated carbocycles. The van der Waals surface area contributed by atoms with E-state index in [4.69, 9.17) is 5.73 Å². The predicted octanol–water partition coefficient (Wildman–Crippen LogP) is 3.96. The van der Waals surface area contributed by atoms with Gasteiger partial charge in [0.25, 0.3) is 0 Å². The van der Waals surface area contributed by atoms with E-state index in [-0.39, 0.29) is 5.82 Å². The fourth-order valence-electron chi connectivity index (χ4n) is 2.35. The standard InChI is InChI=1S/C17H20F2N2/c1-2-9-21(11-13-5-3-4-6-17(13)20)12-14-10-15(18)7-8-16(14)19/h3-8,10H,2,9,11-12,20H2,1H3. The van der Waals surface area contributed by atoms with Gasteiger partial charge in [-0.15, -0.1) is 0 Å². The van der Waals surface area contributed by atoms with E-state index in [1.807, 2.05) is 24.3 Å². The van der Waals surface area contributed by atoms with Crippen LogP contribution >= 0.6 is 0 Å². The number of nitrogens with zero attached hydrogens (tertiary/aromatic N) is 1. The number of benzene rings is 2. The molecule has 2 aromatic carbocycles. The lowest BCUT2D eigenvalue weighted by atomic mass is 10.1. The van der Waals surface area contributed by atoms with Crippen LogP contribution in [0, 0.1) is 11.6 Å². The Hall–Kier alpha value is -1.94. The van der Waals surface area contributed by atoms with E-state index in [0.29, 0.717) is 18.7 Å². The number of hydrogen-bond donors (Lipinski definition) is 1. The van der Waals surface area contributed by atoms with Crippen molar-refractivity contribution in [1.29, 1.82) is 0 Å². The van der Waals surface area contributed by atoms with Gasteiger partial charge in [0.15, 0.2) is 0 Å². The molecule has 0 radical (unpaired) electrons. The molecule has 0 aliphatic carbocycles. The topological polar surface area (TPSA) is 29.3 Å². The monoisotopic (exact) mass is 290 g/mol. The number of hydrogen-bond acceptors (Lipinski definition) is 2. The molecule has 21 heavy (non-hydrogen) atoms. The minimum absolute atomic E-state index is 0.367. The van der Waals surface area contributed by atoms with Crippen molar-refractivity contribution in [3.05, 3.63) is 65.2 Å². The Kier molecular flexibility index (Phi) is 5.28. The highest BCUT2D eigenvalue weighted by Gasteiger charge is 2.11. The minimum Gasteiger partial charge on any atom is -0.398 e. The first-order chi connectivity index (χ1) is 10.1. The molecule has 0 saturated heterocycles. The molecule has 0 fully saturated rings. The Balaban J connectivity index is 2.16. The zero-order valence-electron chi connectivity index (χ0n) is 12.2. The van der Waals surface area contributed by atoms with E-state index in [1.54, 1.807) is 0 Å². The predicted molar refractivity (Wildman–Crippen MR) is 81.6 cm³/mol. The summed E-state index contributed by atoms with van der Waals surface area (Å²) in [7, 11) is 0. The summed E-state index contributed by atoms with van der Waals surface area (Å²) in [6, 6.07) is 11.2. The maximum atomic E-state index is 13.8. The zero-order chi connectivity index (χ0) is 15.2. The second-order valence-electron chi connectivity index (χ2n) is 5.15. The van der Waals surface area contributed by atoms with Crippen LogP contribution in [0.1, 0.15) is 24.5 Å². The van der Waals surface area contributed by atoms with Crippen molar-refractivity contribution in [1.82, 2.24) is 4.90 Å².